The molecule has 26 heavy (non-hydrogen) atoms. The van der Waals surface area contributed by atoms with Gasteiger partial charge in [-0.1, -0.05) is 12.1 Å². The van der Waals surface area contributed by atoms with E-state index in [1.54, 1.807) is 7.05 Å². The van der Waals surface area contributed by atoms with E-state index in [0.717, 1.165) is 11.5 Å². The molecule has 0 bridgehead atoms. The van der Waals surface area contributed by atoms with Gasteiger partial charge in [-0.3, -0.25) is 9.39 Å². The Morgan fingerprint density at radius 1 is 1.08 bits per heavy atom. The normalized spacial score (nSPS) is 11.3. The average molecular weight is 472 g/mol. The predicted octanol–water partition coefficient (Wildman–Crippen LogP) is 2.53. The van der Waals surface area contributed by atoms with Crippen LogP contribution in [0.3, 0.4) is 0 Å². The van der Waals surface area contributed by atoms with Crippen molar-refractivity contribution in [1.82, 2.24) is 25.2 Å². The maximum Gasteiger partial charge on any atom is 0.191 e. The molecule has 3 aromatic rings. The van der Waals surface area contributed by atoms with Gasteiger partial charge >= 0.3 is 0 Å². The second-order valence-corrected chi connectivity index (χ2v) is 5.35. The Hall–Kier alpha value is -2.30. The van der Waals surface area contributed by atoms with Crippen molar-refractivity contribution in [3.05, 3.63) is 65.6 Å². The van der Waals surface area contributed by atoms with Crippen LogP contribution < -0.4 is 10.6 Å². The lowest BCUT2D eigenvalue weighted by Gasteiger charge is -2.12. The van der Waals surface area contributed by atoms with E-state index in [1.165, 1.54) is 18.2 Å². The van der Waals surface area contributed by atoms with Gasteiger partial charge in [0.2, 0.25) is 0 Å². The van der Waals surface area contributed by atoms with Gasteiger partial charge in [0.25, 0.3) is 0 Å². The third kappa shape index (κ3) is 4.65. The topological polar surface area (TPSA) is 66.6 Å². The van der Waals surface area contributed by atoms with Crippen LogP contribution in [0.5, 0.6) is 0 Å². The summed E-state index contributed by atoms with van der Waals surface area (Å²) in [6.07, 6.45) is 2.09. The summed E-state index contributed by atoms with van der Waals surface area (Å²) in [6, 6.07) is 9.51. The van der Waals surface area contributed by atoms with Crippen molar-refractivity contribution >= 4 is 35.6 Å². The SMILES string of the molecule is CN=C(NCCc1c(F)cccc1F)NCc1nnc2ccccn12.I. The standard InChI is InChI=1S/C17H18F2N6.HI/c1-20-17(21-9-8-12-13(18)5-4-6-14(12)19)22-11-16-24-23-15-7-2-3-10-25(15)16;/h2-7,10H,8-9,11H2,1H3,(H2,20,21,22);1H. The van der Waals surface area contributed by atoms with Gasteiger partial charge in [0.1, 0.15) is 11.6 Å². The molecule has 6 nitrogen and oxygen atoms in total. The van der Waals surface area contributed by atoms with Gasteiger partial charge < -0.3 is 10.6 Å². The number of guanidine groups is 1. The lowest BCUT2D eigenvalue weighted by atomic mass is 10.1. The molecule has 9 heteroatoms. The van der Waals surface area contributed by atoms with Crippen molar-refractivity contribution in [3.8, 4) is 0 Å². The minimum Gasteiger partial charge on any atom is -0.356 e. The van der Waals surface area contributed by atoms with Gasteiger partial charge in [-0.05, 0) is 30.7 Å². The zero-order valence-electron chi connectivity index (χ0n) is 14.1. The number of hydrogen-bond acceptors (Lipinski definition) is 3. The van der Waals surface area contributed by atoms with Gasteiger partial charge in [-0.25, -0.2) is 8.78 Å². The van der Waals surface area contributed by atoms with Crippen molar-refractivity contribution < 1.29 is 8.78 Å². The Kier molecular flexibility index (Phi) is 7.25. The molecule has 0 spiro atoms. The van der Waals surface area contributed by atoms with Crippen molar-refractivity contribution in [2.45, 2.75) is 13.0 Å². The molecule has 0 amide bonds. The van der Waals surface area contributed by atoms with Crippen LogP contribution in [0.25, 0.3) is 5.65 Å². The molecule has 3 rings (SSSR count). The molecule has 138 valence electrons. The van der Waals surface area contributed by atoms with Gasteiger partial charge in [0.15, 0.2) is 17.4 Å². The maximum absolute atomic E-state index is 13.6. The van der Waals surface area contributed by atoms with Crippen LogP contribution in [0.15, 0.2) is 47.6 Å². The molecule has 0 aliphatic carbocycles. The first kappa shape index (κ1) is 20.0. The Bertz CT molecular complexity index is 876. The summed E-state index contributed by atoms with van der Waals surface area (Å²) < 4.78 is 29.1. The van der Waals surface area contributed by atoms with Crippen LogP contribution >= 0.6 is 24.0 Å². The maximum atomic E-state index is 13.6. The molecular weight excluding hydrogens is 453 g/mol. The molecule has 0 radical (unpaired) electrons. The van der Waals surface area contributed by atoms with E-state index < -0.39 is 11.6 Å². The van der Waals surface area contributed by atoms with Crippen molar-refractivity contribution in [1.29, 1.82) is 0 Å². The first-order valence-corrected chi connectivity index (χ1v) is 7.85. The van der Waals surface area contributed by atoms with Crippen LogP contribution in [0.2, 0.25) is 0 Å². The Morgan fingerprint density at radius 3 is 2.58 bits per heavy atom. The highest BCUT2D eigenvalue weighted by Gasteiger charge is 2.09. The number of nitrogens with zero attached hydrogens (tertiary/aromatic N) is 4. The van der Waals surface area contributed by atoms with Crippen LogP contribution in [0, 0.1) is 11.6 Å². The van der Waals surface area contributed by atoms with Crippen LogP contribution in [-0.2, 0) is 13.0 Å². The Morgan fingerprint density at radius 2 is 1.85 bits per heavy atom. The number of benzene rings is 1. The van der Waals surface area contributed by atoms with E-state index in [4.69, 9.17) is 0 Å². The summed E-state index contributed by atoms with van der Waals surface area (Å²) in [5, 5.41) is 14.3. The van der Waals surface area contributed by atoms with E-state index >= 15 is 0 Å². The fourth-order valence-electron chi connectivity index (χ4n) is 2.47. The van der Waals surface area contributed by atoms with Crippen molar-refractivity contribution in [2.24, 2.45) is 4.99 Å². The summed E-state index contributed by atoms with van der Waals surface area (Å²) in [4.78, 5) is 4.09. The fraction of sp³-hybridized carbons (Fsp3) is 0.235. The first-order valence-electron chi connectivity index (χ1n) is 7.85. The summed E-state index contributed by atoms with van der Waals surface area (Å²) in [5.41, 5.74) is 0.825. The number of aromatic nitrogens is 3. The van der Waals surface area contributed by atoms with E-state index in [-0.39, 0.29) is 36.0 Å². The molecule has 2 N–H and O–H groups in total. The Labute approximate surface area is 166 Å². The average Bonchev–Trinajstić information content (AvgIpc) is 3.03. The number of rotatable bonds is 5. The van der Waals surface area contributed by atoms with Gasteiger partial charge in [0, 0.05) is 25.4 Å². The van der Waals surface area contributed by atoms with Crippen LogP contribution in [0.4, 0.5) is 8.78 Å². The monoisotopic (exact) mass is 472 g/mol. The smallest absolute Gasteiger partial charge is 0.191 e. The van der Waals surface area contributed by atoms with Crippen molar-refractivity contribution in [3.63, 3.8) is 0 Å². The second-order valence-electron chi connectivity index (χ2n) is 5.35. The molecule has 0 unspecified atom stereocenters. The summed E-state index contributed by atoms with van der Waals surface area (Å²) in [7, 11) is 1.63. The molecule has 1 aromatic carbocycles. The lowest BCUT2D eigenvalue weighted by molar-refractivity contribution is 0.553. The summed E-state index contributed by atoms with van der Waals surface area (Å²) >= 11 is 0. The van der Waals surface area contributed by atoms with Crippen molar-refractivity contribution in [2.75, 3.05) is 13.6 Å². The Balaban J connectivity index is 0.00000243. The zero-order chi connectivity index (χ0) is 17.6. The number of fused-ring (bicyclic) bond motifs is 1. The number of nitrogens with one attached hydrogen (secondary N) is 2. The first-order chi connectivity index (χ1) is 12.2. The van der Waals surface area contributed by atoms with Gasteiger partial charge in [-0.15, -0.1) is 34.2 Å². The van der Waals surface area contributed by atoms with Crippen LogP contribution in [0.1, 0.15) is 11.4 Å². The molecule has 0 saturated carbocycles. The number of aliphatic imine (C=N–C) groups is 1. The molecule has 2 aromatic heterocycles. The number of hydrogen-bond donors (Lipinski definition) is 2. The second kappa shape index (κ2) is 9.41. The molecule has 0 atom stereocenters. The van der Waals surface area contributed by atoms with Gasteiger partial charge in [-0.2, -0.15) is 0 Å². The lowest BCUT2D eigenvalue weighted by Crippen LogP contribution is -2.38. The highest BCUT2D eigenvalue weighted by Crippen LogP contribution is 2.12. The molecule has 0 aliphatic rings. The quantitative estimate of drug-likeness (QED) is 0.341. The zero-order valence-corrected chi connectivity index (χ0v) is 16.4. The highest BCUT2D eigenvalue weighted by atomic mass is 127. The number of pyridine rings is 1. The molecule has 0 fully saturated rings. The summed E-state index contributed by atoms with van der Waals surface area (Å²) in [5.74, 6) is 0.169. The molecule has 0 aliphatic heterocycles. The minimum atomic E-state index is -0.542. The third-order valence-corrected chi connectivity index (χ3v) is 3.75. The largest absolute Gasteiger partial charge is 0.356 e. The molecule has 0 saturated heterocycles. The van der Waals surface area contributed by atoms with Gasteiger partial charge in [0.05, 0.1) is 6.54 Å². The van der Waals surface area contributed by atoms with E-state index in [2.05, 4.69) is 25.8 Å². The summed E-state index contributed by atoms with van der Waals surface area (Å²) in [6.45, 7) is 0.761. The molecule has 2 heterocycles. The predicted molar refractivity (Wildman–Crippen MR) is 107 cm³/mol. The minimum absolute atomic E-state index is 0. The van der Waals surface area contributed by atoms with Crippen LogP contribution in [-0.4, -0.2) is 34.2 Å². The van der Waals surface area contributed by atoms with E-state index in [1.807, 2.05) is 28.8 Å². The third-order valence-electron chi connectivity index (χ3n) is 3.75. The fourth-order valence-corrected chi connectivity index (χ4v) is 2.47. The van der Waals surface area contributed by atoms with E-state index in [0.29, 0.717) is 19.0 Å². The molecular formula is C17H19F2IN6. The van der Waals surface area contributed by atoms with E-state index in [9.17, 15) is 8.78 Å². The highest BCUT2D eigenvalue weighted by molar-refractivity contribution is 14.0. The number of halogens is 3.